The van der Waals surface area contributed by atoms with Gasteiger partial charge in [0.25, 0.3) is 0 Å². The molecule has 0 unspecified atom stereocenters. The standard InChI is InChI=1S/C22H23FN2O/c1-14-7-15(2)9-18(8-14)26-19-10-17(11-19)25-13-21-20-5-6-24-12-16(20)3-4-22(21)23/h3-9,12,17,19,25H,10-11,13H2,1-2H3. The maximum Gasteiger partial charge on any atom is 0.128 e. The Kier molecular flexibility index (Phi) is 4.60. The van der Waals surface area contributed by atoms with Gasteiger partial charge in [-0.25, -0.2) is 4.39 Å². The smallest absolute Gasteiger partial charge is 0.128 e. The second-order valence-corrected chi connectivity index (χ2v) is 7.24. The molecule has 0 radical (unpaired) electrons. The predicted molar refractivity (Wildman–Crippen MR) is 102 cm³/mol. The van der Waals surface area contributed by atoms with Crippen molar-refractivity contribution in [2.75, 3.05) is 0 Å². The van der Waals surface area contributed by atoms with Crippen molar-refractivity contribution >= 4 is 10.8 Å². The number of halogens is 1. The predicted octanol–water partition coefficient (Wildman–Crippen LogP) is 4.69. The molecule has 1 saturated carbocycles. The molecule has 1 aliphatic carbocycles. The first-order valence-electron chi connectivity index (χ1n) is 9.08. The van der Waals surface area contributed by atoms with Crippen LogP contribution in [0.2, 0.25) is 0 Å². The fourth-order valence-electron chi connectivity index (χ4n) is 3.65. The molecule has 3 nitrogen and oxygen atoms in total. The zero-order valence-electron chi connectivity index (χ0n) is 15.1. The molecule has 1 fully saturated rings. The van der Waals surface area contributed by atoms with Crippen LogP contribution in [0.1, 0.15) is 29.5 Å². The molecule has 1 aromatic heterocycles. The summed E-state index contributed by atoms with van der Waals surface area (Å²) in [6.07, 6.45) is 5.61. The van der Waals surface area contributed by atoms with Gasteiger partial charge in [-0.15, -0.1) is 0 Å². The molecular formula is C22H23FN2O. The Morgan fingerprint density at radius 3 is 2.65 bits per heavy atom. The lowest BCUT2D eigenvalue weighted by atomic mass is 9.89. The number of hydrogen-bond acceptors (Lipinski definition) is 3. The van der Waals surface area contributed by atoms with Gasteiger partial charge in [0.15, 0.2) is 0 Å². The van der Waals surface area contributed by atoms with Gasteiger partial charge in [0, 0.05) is 35.9 Å². The van der Waals surface area contributed by atoms with Crippen molar-refractivity contribution in [3.63, 3.8) is 0 Å². The van der Waals surface area contributed by atoms with Crippen LogP contribution in [0.3, 0.4) is 0 Å². The molecule has 0 saturated heterocycles. The van der Waals surface area contributed by atoms with E-state index in [0.29, 0.717) is 18.2 Å². The van der Waals surface area contributed by atoms with E-state index in [-0.39, 0.29) is 11.9 Å². The fraction of sp³-hybridized carbons (Fsp3) is 0.318. The van der Waals surface area contributed by atoms with Crippen molar-refractivity contribution in [3.05, 3.63) is 71.3 Å². The quantitative estimate of drug-likeness (QED) is 0.725. The van der Waals surface area contributed by atoms with Gasteiger partial charge < -0.3 is 10.1 Å². The number of aryl methyl sites for hydroxylation is 2. The Morgan fingerprint density at radius 2 is 1.88 bits per heavy atom. The van der Waals surface area contributed by atoms with Gasteiger partial charge in [0.05, 0.1) is 0 Å². The normalized spacial score (nSPS) is 19.3. The van der Waals surface area contributed by atoms with Crippen LogP contribution < -0.4 is 10.1 Å². The van der Waals surface area contributed by atoms with Crippen LogP contribution in [0.25, 0.3) is 10.8 Å². The van der Waals surface area contributed by atoms with Crippen LogP contribution in [0.5, 0.6) is 5.75 Å². The van der Waals surface area contributed by atoms with Crippen molar-refractivity contribution in [2.24, 2.45) is 0 Å². The first kappa shape index (κ1) is 17.0. The van der Waals surface area contributed by atoms with E-state index < -0.39 is 0 Å². The summed E-state index contributed by atoms with van der Waals surface area (Å²) in [4.78, 5) is 4.11. The Morgan fingerprint density at radius 1 is 1.12 bits per heavy atom. The SMILES string of the molecule is Cc1cc(C)cc(OC2CC(NCc3c(F)ccc4cnccc34)C2)c1. The summed E-state index contributed by atoms with van der Waals surface area (Å²) in [6.45, 7) is 4.69. The minimum absolute atomic E-state index is 0.168. The van der Waals surface area contributed by atoms with E-state index in [1.54, 1.807) is 18.5 Å². The van der Waals surface area contributed by atoms with Gasteiger partial charge >= 0.3 is 0 Å². The molecule has 3 aromatic rings. The van der Waals surface area contributed by atoms with Crippen LogP contribution in [0, 0.1) is 19.7 Å². The van der Waals surface area contributed by atoms with Gasteiger partial charge in [-0.1, -0.05) is 6.07 Å². The highest BCUT2D eigenvalue weighted by Crippen LogP contribution is 2.28. The lowest BCUT2D eigenvalue weighted by molar-refractivity contribution is 0.0841. The van der Waals surface area contributed by atoms with Crippen LogP contribution in [0.15, 0.2) is 48.8 Å². The number of nitrogens with one attached hydrogen (secondary N) is 1. The number of ether oxygens (including phenoxy) is 1. The Balaban J connectivity index is 1.34. The zero-order chi connectivity index (χ0) is 18.1. The van der Waals surface area contributed by atoms with Gasteiger partial charge in [0.2, 0.25) is 0 Å². The topological polar surface area (TPSA) is 34.1 Å². The highest BCUT2D eigenvalue weighted by atomic mass is 19.1. The van der Waals surface area contributed by atoms with Crippen molar-refractivity contribution in [1.82, 2.24) is 10.3 Å². The van der Waals surface area contributed by atoms with E-state index in [0.717, 1.165) is 29.4 Å². The van der Waals surface area contributed by atoms with Gasteiger partial charge in [-0.3, -0.25) is 4.98 Å². The van der Waals surface area contributed by atoms with Crippen molar-refractivity contribution in [1.29, 1.82) is 0 Å². The molecule has 0 atom stereocenters. The van der Waals surface area contributed by atoms with E-state index in [4.69, 9.17) is 4.74 Å². The zero-order valence-corrected chi connectivity index (χ0v) is 15.1. The summed E-state index contributed by atoms with van der Waals surface area (Å²) in [5, 5.41) is 5.36. The number of rotatable bonds is 5. The monoisotopic (exact) mass is 350 g/mol. The fourth-order valence-corrected chi connectivity index (χ4v) is 3.65. The lowest BCUT2D eigenvalue weighted by Gasteiger charge is -2.36. The van der Waals surface area contributed by atoms with E-state index in [1.165, 1.54) is 17.2 Å². The summed E-state index contributed by atoms with van der Waals surface area (Å²) in [5.41, 5.74) is 3.15. The molecule has 4 heteroatoms. The highest BCUT2D eigenvalue weighted by Gasteiger charge is 2.30. The van der Waals surface area contributed by atoms with Crippen LogP contribution in [-0.2, 0) is 6.54 Å². The number of benzene rings is 2. The summed E-state index contributed by atoms with van der Waals surface area (Å²) >= 11 is 0. The van der Waals surface area contributed by atoms with Crippen molar-refractivity contribution in [2.45, 2.75) is 45.4 Å². The summed E-state index contributed by atoms with van der Waals surface area (Å²) in [6, 6.07) is 11.8. The van der Waals surface area contributed by atoms with Gasteiger partial charge in [0.1, 0.15) is 17.7 Å². The van der Waals surface area contributed by atoms with E-state index in [1.807, 2.05) is 6.07 Å². The molecule has 1 aliphatic rings. The largest absolute Gasteiger partial charge is 0.490 e. The number of aromatic nitrogens is 1. The Bertz CT molecular complexity index is 914. The number of fused-ring (bicyclic) bond motifs is 1. The molecule has 134 valence electrons. The maximum atomic E-state index is 14.2. The molecule has 1 N–H and O–H groups in total. The average molecular weight is 350 g/mol. The molecule has 0 bridgehead atoms. The second kappa shape index (κ2) is 7.04. The van der Waals surface area contributed by atoms with Crippen molar-refractivity contribution < 1.29 is 9.13 Å². The third kappa shape index (κ3) is 3.56. The highest BCUT2D eigenvalue weighted by molar-refractivity contribution is 5.84. The molecular weight excluding hydrogens is 327 g/mol. The van der Waals surface area contributed by atoms with Crippen LogP contribution >= 0.6 is 0 Å². The summed E-state index contributed by atoms with van der Waals surface area (Å²) < 4.78 is 20.3. The number of pyridine rings is 1. The van der Waals surface area contributed by atoms with Crippen LogP contribution in [-0.4, -0.2) is 17.1 Å². The second-order valence-electron chi connectivity index (χ2n) is 7.24. The molecule has 4 rings (SSSR count). The number of hydrogen-bond donors (Lipinski definition) is 1. The minimum Gasteiger partial charge on any atom is -0.490 e. The van der Waals surface area contributed by atoms with E-state index in [9.17, 15) is 4.39 Å². The van der Waals surface area contributed by atoms with Crippen LogP contribution in [0.4, 0.5) is 4.39 Å². The Hall–Kier alpha value is -2.46. The molecule has 1 heterocycles. The lowest BCUT2D eigenvalue weighted by Crippen LogP contribution is -2.46. The van der Waals surface area contributed by atoms with E-state index >= 15 is 0 Å². The molecule has 2 aromatic carbocycles. The first-order valence-corrected chi connectivity index (χ1v) is 9.08. The summed E-state index contributed by atoms with van der Waals surface area (Å²) in [5.74, 6) is 0.775. The molecule has 0 aliphatic heterocycles. The first-order chi connectivity index (χ1) is 12.6. The van der Waals surface area contributed by atoms with Gasteiger partial charge in [-0.05, 0) is 73.5 Å². The molecule has 26 heavy (non-hydrogen) atoms. The maximum absolute atomic E-state index is 14.2. The van der Waals surface area contributed by atoms with Crippen molar-refractivity contribution in [3.8, 4) is 5.75 Å². The average Bonchev–Trinajstić information content (AvgIpc) is 2.57. The minimum atomic E-state index is -0.168. The van der Waals surface area contributed by atoms with E-state index in [2.05, 4.69) is 42.3 Å². The summed E-state index contributed by atoms with van der Waals surface area (Å²) in [7, 11) is 0. The number of nitrogens with zero attached hydrogens (tertiary/aromatic N) is 1. The van der Waals surface area contributed by atoms with Gasteiger partial charge in [-0.2, -0.15) is 0 Å². The molecule has 0 spiro atoms. The third-order valence-electron chi connectivity index (χ3n) is 5.03. The molecule has 0 amide bonds. The Labute approximate surface area is 153 Å². The third-order valence-corrected chi connectivity index (χ3v) is 5.03.